The van der Waals surface area contributed by atoms with Crippen molar-refractivity contribution in [1.82, 2.24) is 4.90 Å². The van der Waals surface area contributed by atoms with Crippen LogP contribution in [0.5, 0.6) is 5.75 Å². The van der Waals surface area contributed by atoms with Crippen molar-refractivity contribution in [1.29, 1.82) is 0 Å². The highest BCUT2D eigenvalue weighted by molar-refractivity contribution is 5.92. The van der Waals surface area contributed by atoms with Crippen LogP contribution < -0.4 is 4.74 Å². The molecule has 1 aliphatic rings. The fourth-order valence-electron chi connectivity index (χ4n) is 4.99. The van der Waals surface area contributed by atoms with Crippen LogP contribution in [0.2, 0.25) is 0 Å². The lowest BCUT2D eigenvalue weighted by Crippen LogP contribution is -2.54. The van der Waals surface area contributed by atoms with Gasteiger partial charge in [0.15, 0.2) is 0 Å². The van der Waals surface area contributed by atoms with E-state index in [1.54, 1.807) is 24.3 Å². The number of carbonyl (C=O) groups is 1. The van der Waals surface area contributed by atoms with Crippen LogP contribution in [0.1, 0.15) is 53.6 Å². The van der Waals surface area contributed by atoms with Crippen LogP contribution in [0.25, 0.3) is 0 Å². The quantitative estimate of drug-likeness (QED) is 0.245. The van der Waals surface area contributed by atoms with Crippen LogP contribution in [0, 0.1) is 11.6 Å². The van der Waals surface area contributed by atoms with Gasteiger partial charge in [0.1, 0.15) is 24.0 Å². The summed E-state index contributed by atoms with van der Waals surface area (Å²) < 4.78 is 33.1. The van der Waals surface area contributed by atoms with E-state index >= 15 is 0 Å². The zero-order valence-electron chi connectivity index (χ0n) is 20.0. The van der Waals surface area contributed by atoms with Crippen LogP contribution in [0.3, 0.4) is 0 Å². The third-order valence-corrected chi connectivity index (χ3v) is 6.81. The van der Waals surface area contributed by atoms with Crippen molar-refractivity contribution >= 4 is 5.91 Å². The summed E-state index contributed by atoms with van der Waals surface area (Å²) in [5.74, 6) is -0.348. The van der Waals surface area contributed by atoms with Gasteiger partial charge in [0.2, 0.25) is 5.91 Å². The standard InChI is InChI=1S/C31H27F2NO2/c1-2-28(22-8-14-25(32)15-9-22)34-30(29(31(34)35)23-10-16-26(33)17-11-23)24-12-18-27(19-13-24)36-20-21-6-4-3-5-7-21/h3-19,28-30H,2,20H2,1H3. The first kappa shape index (κ1) is 23.7. The number of ether oxygens (including phenoxy) is 1. The summed E-state index contributed by atoms with van der Waals surface area (Å²) in [7, 11) is 0. The Balaban J connectivity index is 1.44. The molecule has 36 heavy (non-hydrogen) atoms. The van der Waals surface area contributed by atoms with E-state index in [0.717, 1.165) is 28.0 Å². The van der Waals surface area contributed by atoms with Gasteiger partial charge in [-0.05, 0) is 65.1 Å². The second kappa shape index (κ2) is 10.3. The first-order valence-electron chi connectivity index (χ1n) is 12.1. The maximum atomic E-state index is 13.6. The van der Waals surface area contributed by atoms with Crippen molar-refractivity contribution in [2.45, 2.75) is 38.0 Å². The van der Waals surface area contributed by atoms with E-state index in [1.165, 1.54) is 24.3 Å². The zero-order chi connectivity index (χ0) is 25.1. The normalized spacial score (nSPS) is 18.0. The molecule has 5 rings (SSSR count). The van der Waals surface area contributed by atoms with Crippen molar-refractivity contribution in [3.63, 3.8) is 0 Å². The molecular weight excluding hydrogens is 456 g/mol. The van der Waals surface area contributed by atoms with Gasteiger partial charge in [-0.3, -0.25) is 4.79 Å². The number of carbonyl (C=O) groups excluding carboxylic acids is 1. The van der Waals surface area contributed by atoms with Gasteiger partial charge in [0.25, 0.3) is 0 Å². The molecule has 1 heterocycles. The number of amides is 1. The number of likely N-dealkylation sites (tertiary alicyclic amines) is 1. The third-order valence-electron chi connectivity index (χ3n) is 6.81. The van der Waals surface area contributed by atoms with Crippen LogP contribution in [-0.4, -0.2) is 10.8 Å². The van der Waals surface area contributed by atoms with Crippen LogP contribution in [0.4, 0.5) is 8.78 Å². The van der Waals surface area contributed by atoms with Crippen LogP contribution in [-0.2, 0) is 11.4 Å². The number of halogens is 2. The Labute approximate surface area is 210 Å². The van der Waals surface area contributed by atoms with Gasteiger partial charge in [0, 0.05) is 0 Å². The van der Waals surface area contributed by atoms with E-state index in [2.05, 4.69) is 0 Å². The van der Waals surface area contributed by atoms with Crippen molar-refractivity contribution in [2.75, 3.05) is 0 Å². The van der Waals surface area contributed by atoms with Gasteiger partial charge in [-0.15, -0.1) is 0 Å². The molecule has 0 bridgehead atoms. The van der Waals surface area contributed by atoms with E-state index in [4.69, 9.17) is 4.74 Å². The van der Waals surface area contributed by atoms with Gasteiger partial charge in [0.05, 0.1) is 18.0 Å². The molecule has 0 aliphatic carbocycles. The van der Waals surface area contributed by atoms with Crippen LogP contribution in [0.15, 0.2) is 103 Å². The third kappa shape index (κ3) is 4.74. The first-order valence-corrected chi connectivity index (χ1v) is 12.1. The largest absolute Gasteiger partial charge is 0.489 e. The Morgan fingerprint density at radius 2 is 1.36 bits per heavy atom. The number of benzene rings is 4. The summed E-state index contributed by atoms with van der Waals surface area (Å²) in [6, 6.07) is 29.8. The predicted molar refractivity (Wildman–Crippen MR) is 135 cm³/mol. The molecule has 4 aromatic rings. The molecule has 1 fully saturated rings. The molecule has 0 saturated carbocycles. The average Bonchev–Trinajstić information content (AvgIpc) is 2.91. The minimum Gasteiger partial charge on any atom is -0.489 e. The van der Waals surface area contributed by atoms with Crippen LogP contribution >= 0.6 is 0 Å². The minimum absolute atomic E-state index is 0.0211. The molecule has 1 amide bonds. The number of hydrogen-bond donors (Lipinski definition) is 0. The second-order valence-electron chi connectivity index (χ2n) is 9.04. The molecular formula is C31H27F2NO2. The summed E-state index contributed by atoms with van der Waals surface area (Å²) in [6.07, 6.45) is 0.683. The fraction of sp³-hybridized carbons (Fsp3) is 0.194. The summed E-state index contributed by atoms with van der Waals surface area (Å²) >= 11 is 0. The number of nitrogens with zero attached hydrogens (tertiary/aromatic N) is 1. The van der Waals surface area contributed by atoms with E-state index in [-0.39, 0.29) is 29.6 Å². The zero-order valence-corrected chi connectivity index (χ0v) is 20.0. The lowest BCUT2D eigenvalue weighted by Gasteiger charge is -2.51. The Kier molecular flexibility index (Phi) is 6.81. The molecule has 0 radical (unpaired) electrons. The Hall–Kier alpha value is -3.99. The smallest absolute Gasteiger partial charge is 0.233 e. The topological polar surface area (TPSA) is 29.5 Å². The highest BCUT2D eigenvalue weighted by Gasteiger charge is 2.51. The summed E-state index contributed by atoms with van der Waals surface area (Å²) in [4.78, 5) is 15.4. The van der Waals surface area contributed by atoms with E-state index in [0.29, 0.717) is 13.0 Å². The molecule has 1 saturated heterocycles. The first-order chi connectivity index (χ1) is 17.5. The maximum absolute atomic E-state index is 13.6. The van der Waals surface area contributed by atoms with E-state index in [1.807, 2.05) is 66.4 Å². The fourth-order valence-corrected chi connectivity index (χ4v) is 4.99. The Morgan fingerprint density at radius 3 is 1.97 bits per heavy atom. The SMILES string of the molecule is CCC(c1ccc(F)cc1)N1C(=O)C(c2ccc(F)cc2)C1c1ccc(OCc2ccccc2)cc1. The molecule has 0 N–H and O–H groups in total. The average molecular weight is 484 g/mol. The summed E-state index contributed by atoms with van der Waals surface area (Å²) in [5.41, 5.74) is 3.72. The minimum atomic E-state index is -0.420. The molecule has 5 heteroatoms. The molecule has 3 atom stereocenters. The van der Waals surface area contributed by atoms with Gasteiger partial charge in [-0.25, -0.2) is 8.78 Å². The number of rotatable bonds is 8. The van der Waals surface area contributed by atoms with Crippen molar-refractivity contribution in [2.24, 2.45) is 0 Å². The predicted octanol–water partition coefficient (Wildman–Crippen LogP) is 7.36. The Bertz CT molecular complexity index is 1310. The number of β-lactam (4-membered cyclic amide) rings is 1. The molecule has 0 aromatic heterocycles. The summed E-state index contributed by atoms with van der Waals surface area (Å²) in [6.45, 7) is 2.49. The molecule has 0 spiro atoms. The van der Waals surface area contributed by atoms with Gasteiger partial charge >= 0.3 is 0 Å². The van der Waals surface area contributed by atoms with Gasteiger partial charge < -0.3 is 9.64 Å². The summed E-state index contributed by atoms with van der Waals surface area (Å²) in [5, 5.41) is 0. The monoisotopic (exact) mass is 483 g/mol. The van der Waals surface area contributed by atoms with Crippen molar-refractivity contribution < 1.29 is 18.3 Å². The highest BCUT2D eigenvalue weighted by Crippen LogP contribution is 2.51. The molecule has 182 valence electrons. The molecule has 1 aliphatic heterocycles. The lowest BCUT2D eigenvalue weighted by atomic mass is 9.75. The lowest BCUT2D eigenvalue weighted by molar-refractivity contribution is -0.155. The van der Waals surface area contributed by atoms with E-state index in [9.17, 15) is 13.6 Å². The van der Waals surface area contributed by atoms with Crippen molar-refractivity contribution in [3.8, 4) is 5.75 Å². The van der Waals surface area contributed by atoms with E-state index < -0.39 is 5.92 Å². The van der Waals surface area contributed by atoms with Gasteiger partial charge in [-0.1, -0.05) is 73.7 Å². The molecule has 3 unspecified atom stereocenters. The van der Waals surface area contributed by atoms with Crippen molar-refractivity contribution in [3.05, 3.63) is 137 Å². The molecule has 4 aromatic carbocycles. The highest BCUT2D eigenvalue weighted by atomic mass is 19.1. The maximum Gasteiger partial charge on any atom is 0.233 e. The van der Waals surface area contributed by atoms with Gasteiger partial charge in [-0.2, -0.15) is 0 Å². The molecule has 3 nitrogen and oxygen atoms in total. The Morgan fingerprint density at radius 1 is 0.778 bits per heavy atom. The number of hydrogen-bond acceptors (Lipinski definition) is 2. The second-order valence-corrected chi connectivity index (χ2v) is 9.04.